The normalized spacial score (nSPS) is 10.5. The molecule has 1 N–H and O–H groups in total. The average Bonchev–Trinajstić information content (AvgIpc) is 2.53. The van der Waals surface area contributed by atoms with Gasteiger partial charge >= 0.3 is 5.97 Å². The average molecular weight is 281 g/mol. The van der Waals surface area contributed by atoms with E-state index < -0.39 is 5.97 Å². The Kier molecular flexibility index (Phi) is 4.51. The molecule has 0 unspecified atom stereocenters. The fourth-order valence-electron chi connectivity index (χ4n) is 1.87. The van der Waals surface area contributed by atoms with Crippen LogP contribution in [0, 0.1) is 0 Å². The molecule has 0 saturated carbocycles. The van der Waals surface area contributed by atoms with E-state index >= 15 is 0 Å². The summed E-state index contributed by atoms with van der Waals surface area (Å²) in [7, 11) is 1.72. The fourth-order valence-corrected chi connectivity index (χ4v) is 1.87. The predicted molar refractivity (Wildman–Crippen MR) is 82.3 cm³/mol. The Hall–Kier alpha value is -2.88. The van der Waals surface area contributed by atoms with Crippen molar-refractivity contribution in [3.8, 4) is 0 Å². The van der Waals surface area contributed by atoms with Crippen molar-refractivity contribution in [1.29, 1.82) is 0 Å². The number of aliphatic carboxylic acids is 1. The van der Waals surface area contributed by atoms with Crippen molar-refractivity contribution in [2.45, 2.75) is 0 Å². The third-order valence-electron chi connectivity index (χ3n) is 3.02. The molecule has 0 aromatic heterocycles. The van der Waals surface area contributed by atoms with Gasteiger partial charge in [0.2, 0.25) is 0 Å². The number of nitrogens with zero attached hydrogens (tertiary/aromatic N) is 1. The van der Waals surface area contributed by atoms with Crippen molar-refractivity contribution in [1.82, 2.24) is 0 Å². The Labute approximate surface area is 123 Å². The van der Waals surface area contributed by atoms with Gasteiger partial charge in [-0.3, -0.25) is 4.79 Å². The maximum Gasteiger partial charge on any atom is 0.328 e. The monoisotopic (exact) mass is 281 g/mol. The first kappa shape index (κ1) is 14.5. The Morgan fingerprint density at radius 1 is 1.00 bits per heavy atom. The molecule has 0 fully saturated rings. The third kappa shape index (κ3) is 3.79. The second-order valence-electron chi connectivity index (χ2n) is 4.49. The van der Waals surface area contributed by atoms with Gasteiger partial charge in [-0.15, -0.1) is 0 Å². The number of anilines is 1. The predicted octanol–water partition coefficient (Wildman–Crippen LogP) is 3.06. The summed E-state index contributed by atoms with van der Waals surface area (Å²) in [5.41, 5.74) is 2.10. The van der Waals surface area contributed by atoms with Crippen LogP contribution in [0.25, 0.3) is 6.08 Å². The SMILES string of the molecule is CN(C(=O)c1ccc(/C=C/C(=O)O)cc1)c1ccccc1. The van der Waals surface area contributed by atoms with E-state index in [-0.39, 0.29) is 5.91 Å². The van der Waals surface area contributed by atoms with Crippen LogP contribution in [-0.4, -0.2) is 24.0 Å². The van der Waals surface area contributed by atoms with E-state index in [2.05, 4.69) is 0 Å². The van der Waals surface area contributed by atoms with Crippen LogP contribution in [0.4, 0.5) is 5.69 Å². The topological polar surface area (TPSA) is 57.6 Å². The summed E-state index contributed by atoms with van der Waals surface area (Å²) in [6.07, 6.45) is 2.55. The molecule has 0 atom stereocenters. The van der Waals surface area contributed by atoms with Crippen molar-refractivity contribution in [2.75, 3.05) is 11.9 Å². The third-order valence-corrected chi connectivity index (χ3v) is 3.02. The number of carboxylic acids is 1. The quantitative estimate of drug-likeness (QED) is 0.876. The van der Waals surface area contributed by atoms with Gasteiger partial charge in [0.05, 0.1) is 0 Å². The summed E-state index contributed by atoms with van der Waals surface area (Å²) in [5, 5.41) is 8.57. The van der Waals surface area contributed by atoms with E-state index in [9.17, 15) is 9.59 Å². The number of para-hydroxylation sites is 1. The lowest BCUT2D eigenvalue weighted by atomic mass is 10.1. The summed E-state index contributed by atoms with van der Waals surface area (Å²) in [5.74, 6) is -1.12. The minimum atomic E-state index is -1.00. The number of amides is 1. The van der Waals surface area contributed by atoms with Gasteiger partial charge in [0.15, 0.2) is 0 Å². The van der Waals surface area contributed by atoms with Gasteiger partial charge in [-0.25, -0.2) is 4.79 Å². The molecule has 21 heavy (non-hydrogen) atoms. The summed E-state index contributed by atoms with van der Waals surface area (Å²) >= 11 is 0. The van der Waals surface area contributed by atoms with Crippen molar-refractivity contribution in [2.24, 2.45) is 0 Å². The molecule has 0 saturated heterocycles. The van der Waals surface area contributed by atoms with E-state index in [1.807, 2.05) is 30.3 Å². The highest BCUT2D eigenvalue weighted by atomic mass is 16.4. The molecule has 4 nitrogen and oxygen atoms in total. The highest BCUT2D eigenvalue weighted by Gasteiger charge is 2.12. The van der Waals surface area contributed by atoms with E-state index in [0.717, 1.165) is 17.3 Å². The zero-order chi connectivity index (χ0) is 15.2. The van der Waals surface area contributed by atoms with Crippen LogP contribution in [0.2, 0.25) is 0 Å². The Morgan fingerprint density at radius 2 is 1.62 bits per heavy atom. The molecular weight excluding hydrogens is 266 g/mol. The zero-order valence-corrected chi connectivity index (χ0v) is 11.6. The van der Waals surface area contributed by atoms with Crippen LogP contribution in [0.3, 0.4) is 0 Å². The number of carboxylic acid groups (broad SMARTS) is 1. The van der Waals surface area contributed by atoms with Gasteiger partial charge in [-0.1, -0.05) is 30.3 Å². The van der Waals surface area contributed by atoms with Gasteiger partial charge in [-0.2, -0.15) is 0 Å². The largest absolute Gasteiger partial charge is 0.478 e. The molecule has 0 radical (unpaired) electrons. The fraction of sp³-hybridized carbons (Fsp3) is 0.0588. The van der Waals surface area contributed by atoms with E-state index in [1.165, 1.54) is 6.08 Å². The standard InChI is InChI=1S/C17H15NO3/c1-18(15-5-3-2-4-6-15)17(21)14-10-7-13(8-11-14)9-12-16(19)20/h2-12H,1H3,(H,19,20)/b12-9+. The lowest BCUT2D eigenvalue weighted by molar-refractivity contribution is -0.131. The number of benzene rings is 2. The van der Waals surface area contributed by atoms with Gasteiger partial charge < -0.3 is 10.0 Å². The molecule has 2 aromatic rings. The summed E-state index contributed by atoms with van der Waals surface area (Å²) in [6.45, 7) is 0. The first-order chi connectivity index (χ1) is 10.1. The molecule has 4 heteroatoms. The molecule has 0 aliphatic rings. The van der Waals surface area contributed by atoms with Crippen LogP contribution in [0.1, 0.15) is 15.9 Å². The second kappa shape index (κ2) is 6.52. The molecule has 1 amide bonds. The maximum atomic E-state index is 12.3. The highest BCUT2D eigenvalue weighted by Crippen LogP contribution is 2.15. The maximum absolute atomic E-state index is 12.3. The first-order valence-electron chi connectivity index (χ1n) is 6.42. The Bertz CT molecular complexity index is 660. The molecular formula is C17H15NO3. The first-order valence-corrected chi connectivity index (χ1v) is 6.42. The lowest BCUT2D eigenvalue weighted by Crippen LogP contribution is -2.26. The summed E-state index contributed by atoms with van der Waals surface area (Å²) in [4.78, 5) is 24.4. The lowest BCUT2D eigenvalue weighted by Gasteiger charge is -2.17. The Morgan fingerprint density at radius 3 is 2.19 bits per heavy atom. The summed E-state index contributed by atoms with van der Waals surface area (Å²) in [6, 6.07) is 16.2. The molecule has 0 spiro atoms. The molecule has 2 rings (SSSR count). The smallest absolute Gasteiger partial charge is 0.328 e. The van der Waals surface area contributed by atoms with Crippen LogP contribution >= 0.6 is 0 Å². The highest BCUT2D eigenvalue weighted by molar-refractivity contribution is 6.05. The minimum absolute atomic E-state index is 0.116. The van der Waals surface area contributed by atoms with Gasteiger partial charge in [0.25, 0.3) is 5.91 Å². The number of hydrogen-bond acceptors (Lipinski definition) is 2. The zero-order valence-electron chi connectivity index (χ0n) is 11.6. The number of carbonyl (C=O) groups is 2. The van der Waals surface area contributed by atoms with E-state index in [0.29, 0.717) is 5.56 Å². The van der Waals surface area contributed by atoms with Crippen LogP contribution in [0.5, 0.6) is 0 Å². The van der Waals surface area contributed by atoms with Gasteiger partial charge in [0.1, 0.15) is 0 Å². The van der Waals surface area contributed by atoms with Crippen molar-refractivity contribution < 1.29 is 14.7 Å². The molecule has 0 heterocycles. The van der Waals surface area contributed by atoms with Crippen LogP contribution < -0.4 is 4.90 Å². The van der Waals surface area contributed by atoms with Crippen molar-refractivity contribution in [3.63, 3.8) is 0 Å². The van der Waals surface area contributed by atoms with Crippen LogP contribution in [-0.2, 0) is 4.79 Å². The molecule has 2 aromatic carbocycles. The van der Waals surface area contributed by atoms with Crippen molar-refractivity contribution in [3.05, 3.63) is 71.8 Å². The second-order valence-corrected chi connectivity index (χ2v) is 4.49. The van der Waals surface area contributed by atoms with E-state index in [4.69, 9.17) is 5.11 Å². The number of hydrogen-bond donors (Lipinski definition) is 1. The minimum Gasteiger partial charge on any atom is -0.478 e. The van der Waals surface area contributed by atoms with E-state index in [1.54, 1.807) is 36.2 Å². The summed E-state index contributed by atoms with van der Waals surface area (Å²) < 4.78 is 0. The molecule has 0 bridgehead atoms. The van der Waals surface area contributed by atoms with Gasteiger partial charge in [0, 0.05) is 24.4 Å². The number of rotatable bonds is 4. The van der Waals surface area contributed by atoms with Gasteiger partial charge in [-0.05, 0) is 35.9 Å². The molecule has 0 aliphatic carbocycles. The van der Waals surface area contributed by atoms with Crippen LogP contribution in [0.15, 0.2) is 60.7 Å². The molecule has 106 valence electrons. The molecule has 0 aliphatic heterocycles. The number of carbonyl (C=O) groups excluding carboxylic acids is 1. The van der Waals surface area contributed by atoms with Crippen molar-refractivity contribution >= 4 is 23.6 Å². The Balaban J connectivity index is 2.15.